The monoisotopic (exact) mass is 847 g/mol. The van der Waals surface area contributed by atoms with Crippen molar-refractivity contribution < 1.29 is 88.1 Å². The number of anilines is 1. The number of aliphatic hydroxyl groups excluding tert-OH is 1. The molecule has 1 aromatic heterocycles. The SMILES string of the molecule is C/C(O)=C(/N=Nc1cc(S(N)(=O)=O)ccc1O)C(=O)Nc1ccccc1.CC(=O)[C-](N=Nc1cc(S(N)(=O)=O)ccc1O)c1nc2ccccc2s1.[Co].[Na+]. The van der Waals surface area contributed by atoms with E-state index >= 15 is 0 Å². The number of carbonyl (C=O) groups is 2. The van der Waals surface area contributed by atoms with Gasteiger partial charge in [-0.3, -0.25) is 9.78 Å². The van der Waals surface area contributed by atoms with Crippen LogP contribution >= 0.6 is 11.3 Å². The van der Waals surface area contributed by atoms with Crippen molar-refractivity contribution in [2.75, 3.05) is 5.32 Å². The first-order chi connectivity index (χ1) is 24.4. The first kappa shape index (κ1) is 45.6. The number of nitrogens with zero attached hydrogens (tertiary/aromatic N) is 5. The van der Waals surface area contributed by atoms with Gasteiger partial charge in [0.05, 0.1) is 20.0 Å². The standard InChI is InChI=1S/C16H16N4O5S.C16H13N4O4S2.Co.Na/c1-10(21)15(16(23)18-11-5-3-2-4-6-11)20-19-13-9-12(26(17,24)25)7-8-14(13)22;1-9(21)15(16-18-11-4-2-3-5-14(11)25-16)20-19-12-8-10(26(17,23)24)6-7-13(12)22;;/h2-9,21-22H,1H3,(H,18,23)(H2,17,24,25);2-8,22H,1H3,(H2,17,23,24);;/q;-1;;+1/b15-10-,20-19?;;;. The van der Waals surface area contributed by atoms with E-state index in [1.54, 1.807) is 30.3 Å². The maximum Gasteiger partial charge on any atom is 1.00 e. The van der Waals surface area contributed by atoms with E-state index in [-0.39, 0.29) is 90.8 Å². The summed E-state index contributed by atoms with van der Waals surface area (Å²) in [6, 6.07) is 22.4. The van der Waals surface area contributed by atoms with Crippen LogP contribution in [0.5, 0.6) is 11.5 Å². The van der Waals surface area contributed by atoms with Crippen LogP contribution in [-0.4, -0.2) is 48.8 Å². The molecule has 22 heteroatoms. The van der Waals surface area contributed by atoms with Gasteiger partial charge in [0.2, 0.25) is 20.0 Å². The number of hydrogen-bond donors (Lipinski definition) is 6. The minimum atomic E-state index is -4.01. The average molecular weight is 848 g/mol. The Hall–Kier alpha value is -4.55. The number of azo groups is 2. The van der Waals surface area contributed by atoms with Gasteiger partial charge in [-0.1, -0.05) is 30.3 Å². The number of primary sulfonamides is 2. The predicted molar refractivity (Wildman–Crippen MR) is 191 cm³/mol. The van der Waals surface area contributed by atoms with E-state index in [0.29, 0.717) is 10.7 Å². The molecule has 0 spiro atoms. The number of aromatic nitrogens is 1. The maximum absolute atomic E-state index is 12.2. The number of phenols is 2. The van der Waals surface area contributed by atoms with Gasteiger partial charge < -0.3 is 30.5 Å². The number of aliphatic hydroxyl groups is 1. The topological polar surface area (TPSA) is 290 Å². The number of carbonyl (C=O) groups excluding carboxylic acids is 2. The summed E-state index contributed by atoms with van der Waals surface area (Å²) >= 11 is 1.28. The van der Waals surface area contributed by atoms with Crippen LogP contribution < -0.4 is 45.2 Å². The van der Waals surface area contributed by atoms with Crippen LogP contribution in [0.3, 0.4) is 0 Å². The Kier molecular flexibility index (Phi) is 16.6. The first-order valence-electron chi connectivity index (χ1n) is 14.5. The van der Waals surface area contributed by atoms with Crippen LogP contribution in [0, 0.1) is 6.04 Å². The second kappa shape index (κ2) is 19.7. The molecular weight excluding hydrogens is 819 g/mol. The van der Waals surface area contributed by atoms with Crippen molar-refractivity contribution in [2.45, 2.75) is 23.6 Å². The van der Waals surface area contributed by atoms with Gasteiger partial charge in [0.15, 0.2) is 5.70 Å². The van der Waals surface area contributed by atoms with Gasteiger partial charge in [-0.2, -0.15) is 5.11 Å². The molecule has 0 fully saturated rings. The van der Waals surface area contributed by atoms with Gasteiger partial charge in [0.1, 0.15) is 28.6 Å². The predicted octanol–water partition coefficient (Wildman–Crippen LogP) is 2.46. The normalized spacial score (nSPS) is 11.9. The first-order valence-corrected chi connectivity index (χ1v) is 18.4. The number of benzene rings is 4. The molecule has 54 heavy (non-hydrogen) atoms. The number of fused-ring (bicyclic) bond motifs is 1. The Bertz CT molecular complexity index is 2430. The molecule has 0 unspecified atom stereocenters. The van der Waals surface area contributed by atoms with Crippen molar-refractivity contribution in [3.05, 3.63) is 114 Å². The number of hydrogen-bond acceptors (Lipinski definition) is 15. The molecular formula is C32H29CoN8NaO9S3. The van der Waals surface area contributed by atoms with Gasteiger partial charge in [-0.05, 0) is 79.5 Å². The molecule has 1 heterocycles. The van der Waals surface area contributed by atoms with Crippen LogP contribution in [0.2, 0.25) is 0 Å². The molecule has 0 saturated carbocycles. The van der Waals surface area contributed by atoms with E-state index in [2.05, 4.69) is 30.8 Å². The van der Waals surface area contributed by atoms with Crippen molar-refractivity contribution in [1.29, 1.82) is 0 Å². The third kappa shape index (κ3) is 12.5. The fraction of sp³-hybridized carbons (Fsp3) is 0.0625. The van der Waals surface area contributed by atoms with E-state index in [1.807, 2.05) is 24.3 Å². The minimum Gasteiger partial charge on any atom is -0.510 e. The Labute approximate surface area is 345 Å². The number of nitrogens with two attached hydrogens (primary N) is 2. The van der Waals surface area contributed by atoms with Crippen molar-refractivity contribution in [3.63, 3.8) is 0 Å². The van der Waals surface area contributed by atoms with E-state index < -0.39 is 37.4 Å². The van der Waals surface area contributed by atoms with Gasteiger partial charge in [-0.15, -0.1) is 27.6 Å². The molecule has 1 amide bonds. The summed E-state index contributed by atoms with van der Waals surface area (Å²) in [7, 11) is -7.97. The van der Waals surface area contributed by atoms with Crippen LogP contribution in [0.4, 0.5) is 17.1 Å². The number of aromatic hydroxyl groups is 2. The van der Waals surface area contributed by atoms with Crippen LogP contribution in [0.15, 0.2) is 133 Å². The third-order valence-electron chi connectivity index (χ3n) is 6.49. The smallest absolute Gasteiger partial charge is 0.510 e. The van der Waals surface area contributed by atoms with E-state index in [4.69, 9.17) is 10.3 Å². The van der Waals surface area contributed by atoms with Crippen molar-refractivity contribution >= 4 is 70.4 Å². The quantitative estimate of drug-likeness (QED) is 0.0392. The van der Waals surface area contributed by atoms with E-state index in [9.17, 15) is 41.7 Å². The molecule has 1 radical (unpaired) electrons. The second-order valence-electron chi connectivity index (χ2n) is 10.4. The summed E-state index contributed by atoms with van der Waals surface area (Å²) in [5, 5.41) is 57.2. The van der Waals surface area contributed by atoms with Crippen molar-refractivity contribution in [2.24, 2.45) is 30.7 Å². The molecule has 279 valence electrons. The number of phenolic OH excluding ortho intramolecular Hbond substituents is 2. The maximum atomic E-state index is 12.2. The summed E-state index contributed by atoms with van der Waals surface area (Å²) in [6.07, 6.45) is 0. The van der Waals surface area contributed by atoms with Gasteiger partial charge in [0, 0.05) is 28.2 Å². The number of Topliss-reactive ketones (excluding diaryl/α,β-unsaturated/α-hetero) is 1. The van der Waals surface area contributed by atoms with Crippen LogP contribution in [0.25, 0.3) is 10.2 Å². The Morgan fingerprint density at radius 3 is 1.81 bits per heavy atom. The van der Waals surface area contributed by atoms with Crippen LogP contribution in [0.1, 0.15) is 18.9 Å². The van der Waals surface area contributed by atoms with Gasteiger partial charge in [0.25, 0.3) is 5.91 Å². The Morgan fingerprint density at radius 2 is 1.31 bits per heavy atom. The fourth-order valence-electron chi connectivity index (χ4n) is 3.96. The van der Waals surface area contributed by atoms with E-state index in [1.165, 1.54) is 25.2 Å². The summed E-state index contributed by atoms with van der Waals surface area (Å²) in [5.41, 5.74) is 0.430. The molecule has 0 aliphatic heterocycles. The number of para-hydroxylation sites is 2. The number of allylic oxidation sites excluding steroid dienone is 1. The molecule has 8 N–H and O–H groups in total. The number of thiazole rings is 1. The summed E-state index contributed by atoms with van der Waals surface area (Å²) in [4.78, 5) is 28.0. The number of nitrogens with one attached hydrogen (secondary N) is 1. The van der Waals surface area contributed by atoms with Crippen molar-refractivity contribution in [1.82, 2.24) is 4.98 Å². The summed E-state index contributed by atoms with van der Waals surface area (Å²) in [5.74, 6) is -2.19. The molecule has 5 rings (SSSR count). The third-order valence-corrected chi connectivity index (χ3v) is 9.35. The molecule has 4 aromatic carbocycles. The zero-order valence-electron chi connectivity index (χ0n) is 28.4. The van der Waals surface area contributed by atoms with Crippen molar-refractivity contribution in [3.8, 4) is 11.5 Å². The molecule has 0 aliphatic carbocycles. The summed E-state index contributed by atoms with van der Waals surface area (Å²) in [6.45, 7) is 2.56. The molecule has 17 nitrogen and oxygen atoms in total. The minimum absolute atomic E-state index is 0. The number of amides is 1. The second-order valence-corrected chi connectivity index (χ2v) is 14.6. The number of rotatable bonds is 10. The van der Waals surface area contributed by atoms with Crippen LogP contribution in [-0.2, 0) is 46.4 Å². The largest absolute Gasteiger partial charge is 1.00 e. The number of ketones is 1. The average Bonchev–Trinajstić information content (AvgIpc) is 3.50. The zero-order chi connectivity index (χ0) is 38.2. The Balaban J connectivity index is 0.000000360. The van der Waals surface area contributed by atoms with Gasteiger partial charge in [-0.25, -0.2) is 27.1 Å². The number of sulfonamides is 2. The Morgan fingerprint density at radius 1 is 0.796 bits per heavy atom. The molecule has 0 aliphatic rings. The van der Waals surface area contributed by atoms with Gasteiger partial charge >= 0.3 is 29.6 Å². The fourth-order valence-corrected chi connectivity index (χ4v) is 6.03. The molecule has 0 atom stereocenters. The molecule has 0 saturated heterocycles. The molecule has 0 bridgehead atoms. The summed E-state index contributed by atoms with van der Waals surface area (Å²) < 4.78 is 46.5. The molecule has 5 aromatic rings. The zero-order valence-corrected chi connectivity index (χ0v) is 33.9. The van der Waals surface area contributed by atoms with E-state index in [0.717, 1.165) is 46.6 Å².